The monoisotopic (exact) mass is 484 g/mol. The number of thioether (sulfide) groups is 1. The molecule has 0 bridgehead atoms. The number of hydrogen-bond acceptors (Lipinski definition) is 8. The number of methoxy groups -OCH3 is 1. The van der Waals surface area contributed by atoms with E-state index in [4.69, 9.17) is 18.9 Å². The van der Waals surface area contributed by atoms with E-state index >= 15 is 0 Å². The van der Waals surface area contributed by atoms with E-state index in [0.29, 0.717) is 34.7 Å². The molecule has 2 aromatic carbocycles. The van der Waals surface area contributed by atoms with E-state index in [-0.39, 0.29) is 19.1 Å². The molecule has 1 aliphatic rings. The lowest BCUT2D eigenvalue weighted by molar-refractivity contribution is -0.145. The van der Waals surface area contributed by atoms with Crippen LogP contribution in [0.1, 0.15) is 26.3 Å². The molecule has 1 aliphatic heterocycles. The van der Waals surface area contributed by atoms with Crippen molar-refractivity contribution in [3.05, 3.63) is 52.9 Å². The summed E-state index contributed by atoms with van der Waals surface area (Å²) in [4.78, 5) is 31.4. The normalized spacial score (nSPS) is 15.6. The summed E-state index contributed by atoms with van der Waals surface area (Å²) >= 11 is 1.32. The van der Waals surface area contributed by atoms with Crippen molar-refractivity contribution >= 4 is 40.6 Å². The van der Waals surface area contributed by atoms with E-state index < -0.39 is 5.97 Å². The number of carbonyl (C=O) groups is 2. The number of benzene rings is 2. The van der Waals surface area contributed by atoms with Gasteiger partial charge >= 0.3 is 5.97 Å². The molecule has 2 aromatic rings. The first-order chi connectivity index (χ1) is 16.5. The highest BCUT2D eigenvalue weighted by Crippen LogP contribution is 2.36. The molecule has 0 spiro atoms. The molecule has 1 amide bonds. The summed E-state index contributed by atoms with van der Waals surface area (Å²) in [6, 6.07) is 12.7. The van der Waals surface area contributed by atoms with E-state index in [1.807, 2.05) is 38.1 Å². The van der Waals surface area contributed by atoms with Gasteiger partial charge in [-0.2, -0.15) is 0 Å². The first kappa shape index (κ1) is 25.2. The Morgan fingerprint density at radius 1 is 1.03 bits per heavy atom. The zero-order chi connectivity index (χ0) is 24.5. The largest absolute Gasteiger partial charge is 0.494 e. The highest BCUT2D eigenvalue weighted by Gasteiger charge is 2.32. The van der Waals surface area contributed by atoms with Crippen molar-refractivity contribution in [3.8, 4) is 17.2 Å². The van der Waals surface area contributed by atoms with Crippen LogP contribution in [0.25, 0.3) is 6.08 Å². The van der Waals surface area contributed by atoms with E-state index in [1.165, 1.54) is 18.9 Å². The average molecular weight is 485 g/mol. The van der Waals surface area contributed by atoms with E-state index in [0.717, 1.165) is 17.0 Å². The van der Waals surface area contributed by atoms with Gasteiger partial charge in [0.2, 0.25) is 0 Å². The van der Waals surface area contributed by atoms with Gasteiger partial charge in [0.05, 0.1) is 30.9 Å². The number of ether oxygens (including phenoxy) is 4. The number of aliphatic imine (C=N–C) groups is 1. The predicted octanol–water partition coefficient (Wildman–Crippen LogP) is 4.66. The predicted molar refractivity (Wildman–Crippen MR) is 133 cm³/mol. The number of likely N-dealkylation sites (N-methyl/N-ethyl adjacent to an activating group) is 1. The molecule has 180 valence electrons. The molecule has 0 atom stereocenters. The van der Waals surface area contributed by atoms with Gasteiger partial charge in [-0.1, -0.05) is 6.07 Å². The van der Waals surface area contributed by atoms with Gasteiger partial charge in [0.15, 0.2) is 23.3 Å². The maximum absolute atomic E-state index is 13.0. The molecule has 8 nitrogen and oxygen atoms in total. The van der Waals surface area contributed by atoms with Crippen molar-refractivity contribution in [1.82, 2.24) is 4.90 Å². The van der Waals surface area contributed by atoms with Crippen LogP contribution in [-0.4, -0.2) is 55.4 Å². The summed E-state index contributed by atoms with van der Waals surface area (Å²) in [5, 5.41) is 0.615. The van der Waals surface area contributed by atoms with Gasteiger partial charge in [-0.25, -0.2) is 9.79 Å². The molecule has 0 aromatic heterocycles. The first-order valence-corrected chi connectivity index (χ1v) is 11.8. The van der Waals surface area contributed by atoms with Gasteiger partial charge in [0, 0.05) is 6.54 Å². The van der Waals surface area contributed by atoms with Crippen LogP contribution in [0.3, 0.4) is 0 Å². The smallest absolute Gasteiger partial charge is 0.344 e. The molecule has 9 heteroatoms. The SMILES string of the molecule is CCOC(=O)COc1ccc(/C=C2\SC(=Nc3ccc(OCC)cc3)N(CC)C2=O)cc1OC. The van der Waals surface area contributed by atoms with Gasteiger partial charge in [-0.15, -0.1) is 0 Å². The fourth-order valence-electron chi connectivity index (χ4n) is 3.15. The van der Waals surface area contributed by atoms with Gasteiger partial charge in [0.1, 0.15) is 5.75 Å². The summed E-state index contributed by atoms with van der Waals surface area (Å²) in [5.74, 6) is 1.07. The minimum Gasteiger partial charge on any atom is -0.494 e. The van der Waals surface area contributed by atoms with Crippen molar-refractivity contribution < 1.29 is 28.5 Å². The number of esters is 1. The number of hydrogen-bond donors (Lipinski definition) is 0. The fraction of sp³-hybridized carbons (Fsp3) is 0.320. The van der Waals surface area contributed by atoms with Crippen LogP contribution in [0.15, 0.2) is 52.4 Å². The summed E-state index contributed by atoms with van der Waals surface area (Å²) in [6.07, 6.45) is 1.79. The molecule has 1 fully saturated rings. The lowest BCUT2D eigenvalue weighted by Gasteiger charge is -2.12. The van der Waals surface area contributed by atoms with Crippen LogP contribution >= 0.6 is 11.8 Å². The summed E-state index contributed by atoms with van der Waals surface area (Å²) in [5.41, 5.74) is 1.50. The van der Waals surface area contributed by atoms with E-state index in [1.54, 1.807) is 36.1 Å². The molecule has 0 saturated carbocycles. The summed E-state index contributed by atoms with van der Waals surface area (Å²) in [7, 11) is 1.51. The molecular formula is C25H28N2O6S. The van der Waals surface area contributed by atoms with Gasteiger partial charge in [-0.05, 0) is 80.6 Å². The van der Waals surface area contributed by atoms with Crippen LogP contribution in [0, 0.1) is 0 Å². The lowest BCUT2D eigenvalue weighted by atomic mass is 10.2. The summed E-state index contributed by atoms with van der Waals surface area (Å²) in [6.45, 7) is 6.75. The Morgan fingerprint density at radius 2 is 1.79 bits per heavy atom. The Hall–Kier alpha value is -3.46. The van der Waals surface area contributed by atoms with Crippen LogP contribution in [-0.2, 0) is 14.3 Å². The fourth-order valence-corrected chi connectivity index (χ4v) is 4.21. The minimum atomic E-state index is -0.456. The summed E-state index contributed by atoms with van der Waals surface area (Å²) < 4.78 is 21.2. The Morgan fingerprint density at radius 3 is 2.44 bits per heavy atom. The molecular weight excluding hydrogens is 456 g/mol. The first-order valence-electron chi connectivity index (χ1n) is 11.0. The topological polar surface area (TPSA) is 86.7 Å². The minimum absolute atomic E-state index is 0.112. The Bertz CT molecular complexity index is 1080. The Kier molecular flexibility index (Phi) is 8.98. The third-order valence-electron chi connectivity index (χ3n) is 4.71. The number of nitrogens with zero attached hydrogens (tertiary/aromatic N) is 2. The highest BCUT2D eigenvalue weighted by molar-refractivity contribution is 8.18. The number of amidine groups is 1. The van der Waals surface area contributed by atoms with Crippen molar-refractivity contribution in [2.75, 3.05) is 33.5 Å². The zero-order valence-corrected chi connectivity index (χ0v) is 20.5. The molecule has 0 aliphatic carbocycles. The van der Waals surface area contributed by atoms with Gasteiger partial charge < -0.3 is 18.9 Å². The maximum Gasteiger partial charge on any atom is 0.344 e. The second-order valence-corrected chi connectivity index (χ2v) is 7.99. The average Bonchev–Trinajstić information content (AvgIpc) is 3.13. The third kappa shape index (κ3) is 6.32. The van der Waals surface area contributed by atoms with Crippen LogP contribution in [0.5, 0.6) is 17.2 Å². The van der Waals surface area contributed by atoms with Crippen LogP contribution in [0.2, 0.25) is 0 Å². The van der Waals surface area contributed by atoms with Crippen molar-refractivity contribution in [1.29, 1.82) is 0 Å². The zero-order valence-electron chi connectivity index (χ0n) is 19.7. The molecule has 0 radical (unpaired) electrons. The number of rotatable bonds is 10. The van der Waals surface area contributed by atoms with E-state index in [9.17, 15) is 9.59 Å². The third-order valence-corrected chi connectivity index (χ3v) is 5.72. The molecule has 0 unspecified atom stereocenters. The van der Waals surface area contributed by atoms with E-state index in [2.05, 4.69) is 4.99 Å². The van der Waals surface area contributed by atoms with Crippen LogP contribution < -0.4 is 14.2 Å². The molecule has 1 heterocycles. The van der Waals surface area contributed by atoms with Gasteiger partial charge in [0.25, 0.3) is 5.91 Å². The highest BCUT2D eigenvalue weighted by atomic mass is 32.2. The Balaban J connectivity index is 1.79. The van der Waals surface area contributed by atoms with Crippen molar-refractivity contribution in [2.24, 2.45) is 4.99 Å². The van der Waals surface area contributed by atoms with Crippen LogP contribution in [0.4, 0.5) is 5.69 Å². The number of amides is 1. The second kappa shape index (κ2) is 12.1. The molecule has 3 rings (SSSR count). The molecule has 34 heavy (non-hydrogen) atoms. The standard InChI is InChI=1S/C25H28N2O6S/c1-5-27-24(29)22(34-25(27)26-18-9-11-19(12-10-18)31-6-2)15-17-8-13-20(21(14-17)30-4)33-16-23(28)32-7-3/h8-15H,5-7,16H2,1-4H3/b22-15-,26-25?. The van der Waals surface area contributed by atoms with Gasteiger partial charge in [-0.3, -0.25) is 9.69 Å². The Labute approximate surface area is 203 Å². The maximum atomic E-state index is 13.0. The molecule has 1 saturated heterocycles. The lowest BCUT2D eigenvalue weighted by Crippen LogP contribution is -2.28. The second-order valence-electron chi connectivity index (χ2n) is 6.99. The van der Waals surface area contributed by atoms with Crippen molar-refractivity contribution in [2.45, 2.75) is 20.8 Å². The number of carbonyl (C=O) groups excluding carboxylic acids is 2. The molecule has 0 N–H and O–H groups in total. The van der Waals surface area contributed by atoms with Crippen molar-refractivity contribution in [3.63, 3.8) is 0 Å². The quantitative estimate of drug-likeness (QED) is 0.358.